The van der Waals surface area contributed by atoms with Crippen molar-refractivity contribution in [2.24, 2.45) is 0 Å². The minimum atomic E-state index is 0.324. The Bertz CT molecular complexity index is 612. The highest BCUT2D eigenvalue weighted by molar-refractivity contribution is 9.10. The van der Waals surface area contributed by atoms with E-state index in [1.807, 2.05) is 24.3 Å². The molecule has 0 atom stereocenters. The third kappa shape index (κ3) is 2.91. The maximum Gasteiger partial charge on any atom is 0.222 e. The molecule has 3 rings (SSSR count). The molecule has 5 nitrogen and oxygen atoms in total. The number of fused-ring (bicyclic) bond motifs is 1. The summed E-state index contributed by atoms with van der Waals surface area (Å²) in [5.74, 6) is 1.14. The molecular formula is C14H16BrN5. The van der Waals surface area contributed by atoms with Crippen molar-refractivity contribution < 1.29 is 0 Å². The third-order valence-electron chi connectivity index (χ3n) is 3.31. The number of nitrogens with one attached hydrogen (secondary N) is 2. The van der Waals surface area contributed by atoms with Gasteiger partial charge in [0.25, 0.3) is 0 Å². The molecule has 0 amide bonds. The standard InChI is InChI=1S/C14H16BrN5/c15-9-1-3-10(4-2-9)18-13-11-5-7-17-8-6-12(11)19-14(16)20-13/h1-4,17H,5-8H2,(H3,16,18,19,20). The second-order valence-electron chi connectivity index (χ2n) is 4.74. The molecular weight excluding hydrogens is 318 g/mol. The van der Waals surface area contributed by atoms with Gasteiger partial charge in [-0.05, 0) is 37.2 Å². The Morgan fingerprint density at radius 2 is 1.85 bits per heavy atom. The first-order valence-corrected chi connectivity index (χ1v) is 7.40. The van der Waals surface area contributed by atoms with Crippen LogP contribution in [-0.4, -0.2) is 23.1 Å². The van der Waals surface area contributed by atoms with Gasteiger partial charge < -0.3 is 16.4 Å². The van der Waals surface area contributed by atoms with Crippen molar-refractivity contribution in [3.63, 3.8) is 0 Å². The van der Waals surface area contributed by atoms with Crippen molar-refractivity contribution in [2.45, 2.75) is 12.8 Å². The second kappa shape index (κ2) is 5.76. The van der Waals surface area contributed by atoms with Crippen LogP contribution in [0.2, 0.25) is 0 Å². The van der Waals surface area contributed by atoms with Gasteiger partial charge in [0.15, 0.2) is 0 Å². The maximum atomic E-state index is 5.82. The molecule has 6 heteroatoms. The maximum absolute atomic E-state index is 5.82. The summed E-state index contributed by atoms with van der Waals surface area (Å²) >= 11 is 3.43. The Morgan fingerprint density at radius 1 is 1.10 bits per heavy atom. The van der Waals surface area contributed by atoms with Crippen molar-refractivity contribution in [2.75, 3.05) is 24.1 Å². The van der Waals surface area contributed by atoms with Crippen molar-refractivity contribution in [3.8, 4) is 0 Å². The molecule has 1 aliphatic rings. The Kier molecular flexibility index (Phi) is 3.84. The molecule has 0 spiro atoms. The number of nitrogens with zero attached hydrogens (tertiary/aromatic N) is 2. The van der Waals surface area contributed by atoms with E-state index in [0.717, 1.165) is 53.2 Å². The minimum absolute atomic E-state index is 0.324. The molecule has 4 N–H and O–H groups in total. The smallest absolute Gasteiger partial charge is 0.222 e. The number of anilines is 3. The van der Waals surface area contributed by atoms with Crippen LogP contribution in [0, 0.1) is 0 Å². The zero-order valence-corrected chi connectivity index (χ0v) is 12.6. The van der Waals surface area contributed by atoms with Crippen molar-refractivity contribution in [1.82, 2.24) is 15.3 Å². The molecule has 1 aromatic heterocycles. The number of rotatable bonds is 2. The van der Waals surface area contributed by atoms with E-state index in [2.05, 4.69) is 36.5 Å². The summed E-state index contributed by atoms with van der Waals surface area (Å²) < 4.78 is 1.05. The van der Waals surface area contributed by atoms with Crippen LogP contribution < -0.4 is 16.4 Å². The lowest BCUT2D eigenvalue weighted by molar-refractivity contribution is 0.708. The lowest BCUT2D eigenvalue weighted by atomic mass is 10.1. The van der Waals surface area contributed by atoms with E-state index in [4.69, 9.17) is 5.73 Å². The highest BCUT2D eigenvalue weighted by atomic mass is 79.9. The molecule has 0 saturated carbocycles. The molecule has 2 heterocycles. The van der Waals surface area contributed by atoms with E-state index in [0.29, 0.717) is 5.95 Å². The molecule has 0 radical (unpaired) electrons. The molecule has 1 aliphatic heterocycles. The molecule has 104 valence electrons. The van der Waals surface area contributed by atoms with Gasteiger partial charge in [-0.25, -0.2) is 4.98 Å². The van der Waals surface area contributed by atoms with E-state index >= 15 is 0 Å². The Morgan fingerprint density at radius 3 is 2.65 bits per heavy atom. The summed E-state index contributed by atoms with van der Waals surface area (Å²) in [6, 6.07) is 7.99. The zero-order chi connectivity index (χ0) is 13.9. The number of halogens is 1. The van der Waals surface area contributed by atoms with E-state index in [1.54, 1.807) is 0 Å². The summed E-state index contributed by atoms with van der Waals surface area (Å²) in [7, 11) is 0. The first-order chi connectivity index (χ1) is 9.72. The average molecular weight is 334 g/mol. The summed E-state index contributed by atoms with van der Waals surface area (Å²) in [5.41, 5.74) is 9.02. The van der Waals surface area contributed by atoms with E-state index in [1.165, 1.54) is 0 Å². The predicted octanol–water partition coefficient (Wildman–Crippen LogP) is 2.25. The minimum Gasteiger partial charge on any atom is -0.368 e. The van der Waals surface area contributed by atoms with Gasteiger partial charge in [-0.1, -0.05) is 15.9 Å². The normalized spacial score (nSPS) is 14.4. The van der Waals surface area contributed by atoms with Gasteiger partial charge in [-0.15, -0.1) is 0 Å². The predicted molar refractivity (Wildman–Crippen MR) is 84.1 cm³/mol. The summed E-state index contributed by atoms with van der Waals surface area (Å²) in [5, 5.41) is 6.72. The second-order valence-corrected chi connectivity index (χ2v) is 5.65. The molecule has 20 heavy (non-hydrogen) atoms. The highest BCUT2D eigenvalue weighted by Gasteiger charge is 2.15. The molecule has 2 aromatic rings. The summed E-state index contributed by atoms with van der Waals surface area (Å²) in [4.78, 5) is 8.73. The molecule has 1 aromatic carbocycles. The quantitative estimate of drug-likeness (QED) is 0.785. The van der Waals surface area contributed by atoms with Crippen LogP contribution in [0.4, 0.5) is 17.5 Å². The van der Waals surface area contributed by atoms with E-state index in [9.17, 15) is 0 Å². The van der Waals surface area contributed by atoms with Crippen LogP contribution in [0.5, 0.6) is 0 Å². The van der Waals surface area contributed by atoms with Gasteiger partial charge >= 0.3 is 0 Å². The van der Waals surface area contributed by atoms with Crippen LogP contribution in [0.15, 0.2) is 28.7 Å². The zero-order valence-electron chi connectivity index (χ0n) is 11.0. The van der Waals surface area contributed by atoms with Crippen molar-refractivity contribution >= 4 is 33.4 Å². The summed E-state index contributed by atoms with van der Waals surface area (Å²) in [6.45, 7) is 1.87. The van der Waals surface area contributed by atoms with Gasteiger partial charge in [0.2, 0.25) is 5.95 Å². The molecule has 0 saturated heterocycles. The number of hydrogen-bond acceptors (Lipinski definition) is 5. The summed E-state index contributed by atoms with van der Waals surface area (Å²) in [6.07, 6.45) is 1.80. The van der Waals surface area contributed by atoms with Gasteiger partial charge in [-0.2, -0.15) is 4.98 Å². The van der Waals surface area contributed by atoms with Gasteiger partial charge in [0, 0.05) is 28.7 Å². The fraction of sp³-hybridized carbons (Fsp3) is 0.286. The SMILES string of the molecule is Nc1nc2c(c(Nc3ccc(Br)cc3)n1)CCNCC2. The van der Waals surface area contributed by atoms with Crippen LogP contribution in [0.25, 0.3) is 0 Å². The van der Waals surface area contributed by atoms with E-state index in [-0.39, 0.29) is 0 Å². The molecule has 0 unspecified atom stereocenters. The first kappa shape index (κ1) is 13.3. The average Bonchev–Trinajstić information content (AvgIpc) is 2.66. The Labute approximate surface area is 126 Å². The number of benzene rings is 1. The fourth-order valence-corrected chi connectivity index (χ4v) is 2.60. The van der Waals surface area contributed by atoms with Crippen LogP contribution >= 0.6 is 15.9 Å². The topological polar surface area (TPSA) is 75.9 Å². The lowest BCUT2D eigenvalue weighted by Gasteiger charge is -2.13. The highest BCUT2D eigenvalue weighted by Crippen LogP contribution is 2.24. The monoisotopic (exact) mass is 333 g/mol. The van der Waals surface area contributed by atoms with Crippen molar-refractivity contribution in [1.29, 1.82) is 0 Å². The molecule has 0 bridgehead atoms. The lowest BCUT2D eigenvalue weighted by Crippen LogP contribution is -2.16. The number of nitrogens with two attached hydrogens (primary N) is 1. The van der Waals surface area contributed by atoms with Gasteiger partial charge in [-0.3, -0.25) is 0 Å². The molecule has 0 aliphatic carbocycles. The van der Waals surface area contributed by atoms with E-state index < -0.39 is 0 Å². The number of hydrogen-bond donors (Lipinski definition) is 3. The van der Waals surface area contributed by atoms with Gasteiger partial charge in [0.05, 0.1) is 5.69 Å². The van der Waals surface area contributed by atoms with Crippen LogP contribution in [0.1, 0.15) is 11.3 Å². The first-order valence-electron chi connectivity index (χ1n) is 6.61. The van der Waals surface area contributed by atoms with Crippen molar-refractivity contribution in [3.05, 3.63) is 40.0 Å². The number of nitrogen functional groups attached to an aromatic ring is 1. The Hall–Kier alpha value is -1.66. The van der Waals surface area contributed by atoms with Crippen LogP contribution in [0.3, 0.4) is 0 Å². The Balaban J connectivity index is 1.96. The number of aromatic nitrogens is 2. The molecule has 0 fully saturated rings. The van der Waals surface area contributed by atoms with Gasteiger partial charge in [0.1, 0.15) is 5.82 Å². The van der Waals surface area contributed by atoms with Crippen LogP contribution in [-0.2, 0) is 12.8 Å². The largest absolute Gasteiger partial charge is 0.368 e. The fourth-order valence-electron chi connectivity index (χ4n) is 2.34. The third-order valence-corrected chi connectivity index (χ3v) is 3.84.